The molecule has 0 aliphatic heterocycles. The van der Waals surface area contributed by atoms with Gasteiger partial charge in [0.2, 0.25) is 5.91 Å². The molecule has 0 aromatic heterocycles. The molecule has 0 saturated carbocycles. The topological polar surface area (TPSA) is 64.3 Å². The third-order valence-electron chi connectivity index (χ3n) is 4.18. The highest BCUT2D eigenvalue weighted by atomic mass is 19.4. The Morgan fingerprint density at radius 2 is 1.74 bits per heavy atom. The fourth-order valence-corrected chi connectivity index (χ4v) is 2.36. The fourth-order valence-electron chi connectivity index (χ4n) is 2.36. The molecule has 0 atom stereocenters. The van der Waals surface area contributed by atoms with Crippen LogP contribution in [0.1, 0.15) is 30.5 Å². The van der Waals surface area contributed by atoms with Crippen LogP contribution in [0.2, 0.25) is 0 Å². The van der Waals surface area contributed by atoms with Crippen LogP contribution in [0.4, 0.5) is 13.2 Å². The maximum Gasteiger partial charge on any atom is 0.416 e. The monoisotopic (exact) mass is 380 g/mol. The summed E-state index contributed by atoms with van der Waals surface area (Å²) in [6.45, 7) is 4.08. The summed E-state index contributed by atoms with van der Waals surface area (Å²) >= 11 is 0. The first-order chi connectivity index (χ1) is 12.6. The molecule has 0 fully saturated rings. The summed E-state index contributed by atoms with van der Waals surface area (Å²) in [5.74, 6) is 0.155. The van der Waals surface area contributed by atoms with E-state index in [0.717, 1.165) is 17.7 Å². The van der Waals surface area contributed by atoms with Crippen molar-refractivity contribution in [3.8, 4) is 5.75 Å². The van der Waals surface area contributed by atoms with Crippen molar-refractivity contribution in [1.29, 1.82) is 0 Å². The van der Waals surface area contributed by atoms with Gasteiger partial charge in [0, 0.05) is 6.54 Å². The molecular formula is C20H23F3N2O2. The molecule has 0 unspecified atom stereocenters. The van der Waals surface area contributed by atoms with Crippen LogP contribution in [0.5, 0.6) is 5.75 Å². The number of halogens is 3. The van der Waals surface area contributed by atoms with Crippen molar-refractivity contribution in [1.82, 2.24) is 5.32 Å². The number of carbonyl (C=O) groups is 1. The van der Waals surface area contributed by atoms with E-state index in [4.69, 9.17) is 10.5 Å². The molecule has 0 heterocycles. The van der Waals surface area contributed by atoms with Gasteiger partial charge >= 0.3 is 6.18 Å². The number of amides is 1. The van der Waals surface area contributed by atoms with Crippen molar-refractivity contribution in [2.24, 2.45) is 5.73 Å². The van der Waals surface area contributed by atoms with Gasteiger partial charge in [-0.05, 0) is 55.7 Å². The lowest BCUT2D eigenvalue weighted by atomic mass is 10.0. The summed E-state index contributed by atoms with van der Waals surface area (Å²) in [5, 5.41) is 3.09. The van der Waals surface area contributed by atoms with Gasteiger partial charge < -0.3 is 15.8 Å². The molecule has 7 heteroatoms. The van der Waals surface area contributed by atoms with Gasteiger partial charge in [0.15, 0.2) is 0 Å². The van der Waals surface area contributed by atoms with E-state index < -0.39 is 23.2 Å². The predicted octanol–water partition coefficient (Wildman–Crippen LogP) is 3.68. The summed E-state index contributed by atoms with van der Waals surface area (Å²) in [4.78, 5) is 11.3. The molecule has 0 aliphatic rings. The zero-order valence-electron chi connectivity index (χ0n) is 15.3. The molecule has 0 spiro atoms. The van der Waals surface area contributed by atoms with Gasteiger partial charge in [-0.25, -0.2) is 0 Å². The van der Waals surface area contributed by atoms with Crippen LogP contribution in [0, 0.1) is 0 Å². The first kappa shape index (κ1) is 20.8. The van der Waals surface area contributed by atoms with E-state index in [1.54, 1.807) is 32.0 Å². The van der Waals surface area contributed by atoms with Gasteiger partial charge in [-0.2, -0.15) is 13.2 Å². The Labute approximate surface area is 156 Å². The molecule has 0 aliphatic carbocycles. The van der Waals surface area contributed by atoms with Crippen molar-refractivity contribution < 1.29 is 22.7 Å². The summed E-state index contributed by atoms with van der Waals surface area (Å²) in [7, 11) is 0. The fraction of sp³-hybridized carbons (Fsp3) is 0.350. The lowest BCUT2D eigenvalue weighted by Gasteiger charge is -2.22. The van der Waals surface area contributed by atoms with E-state index in [1.165, 1.54) is 6.07 Å². The normalized spacial score (nSPS) is 12.0. The van der Waals surface area contributed by atoms with Gasteiger partial charge in [0.05, 0.1) is 11.1 Å². The molecule has 146 valence electrons. The van der Waals surface area contributed by atoms with Crippen LogP contribution in [0.3, 0.4) is 0 Å². The number of nitrogens with two attached hydrogens (primary N) is 1. The number of primary amides is 1. The van der Waals surface area contributed by atoms with Gasteiger partial charge in [-0.1, -0.05) is 24.3 Å². The van der Waals surface area contributed by atoms with Crippen LogP contribution in [-0.4, -0.2) is 18.0 Å². The molecule has 3 N–H and O–H groups in total. The Balaban J connectivity index is 1.86. The van der Waals surface area contributed by atoms with Crippen molar-refractivity contribution in [3.63, 3.8) is 0 Å². The molecule has 2 aromatic rings. The smallest absolute Gasteiger partial charge is 0.416 e. The minimum Gasteiger partial charge on any atom is -0.489 e. The van der Waals surface area contributed by atoms with E-state index in [1.807, 2.05) is 12.1 Å². The second-order valence-electron chi connectivity index (χ2n) is 6.80. The minimum atomic E-state index is -4.37. The summed E-state index contributed by atoms with van der Waals surface area (Å²) < 4.78 is 43.7. The maximum absolute atomic E-state index is 12.7. The zero-order valence-corrected chi connectivity index (χ0v) is 15.3. The van der Waals surface area contributed by atoms with Crippen molar-refractivity contribution in [3.05, 3.63) is 65.2 Å². The van der Waals surface area contributed by atoms with Crippen LogP contribution < -0.4 is 15.8 Å². The molecule has 0 radical (unpaired) electrons. The number of rotatable bonds is 8. The Kier molecular flexibility index (Phi) is 6.49. The largest absolute Gasteiger partial charge is 0.489 e. The third-order valence-corrected chi connectivity index (χ3v) is 4.18. The van der Waals surface area contributed by atoms with Crippen LogP contribution in [0.25, 0.3) is 0 Å². The van der Waals surface area contributed by atoms with Gasteiger partial charge in [0.1, 0.15) is 12.4 Å². The predicted molar refractivity (Wildman–Crippen MR) is 97.2 cm³/mol. The van der Waals surface area contributed by atoms with Crippen molar-refractivity contribution in [2.45, 2.75) is 38.6 Å². The molecule has 2 rings (SSSR count). The van der Waals surface area contributed by atoms with Crippen LogP contribution in [0.15, 0.2) is 48.5 Å². The Morgan fingerprint density at radius 1 is 1.07 bits per heavy atom. The number of carbonyl (C=O) groups excluding carboxylic acids is 1. The van der Waals surface area contributed by atoms with Gasteiger partial charge in [-0.3, -0.25) is 4.79 Å². The van der Waals surface area contributed by atoms with Gasteiger partial charge in [0.25, 0.3) is 0 Å². The quantitative estimate of drug-likeness (QED) is 0.734. The zero-order chi connectivity index (χ0) is 20.1. The average molecular weight is 380 g/mol. The van der Waals surface area contributed by atoms with E-state index >= 15 is 0 Å². The summed E-state index contributed by atoms with van der Waals surface area (Å²) in [6.07, 6.45) is -3.67. The van der Waals surface area contributed by atoms with Gasteiger partial charge in [-0.15, -0.1) is 0 Å². The Hall–Kier alpha value is -2.54. The molecule has 1 amide bonds. The van der Waals surface area contributed by atoms with Crippen LogP contribution in [-0.2, 0) is 24.0 Å². The van der Waals surface area contributed by atoms with E-state index in [-0.39, 0.29) is 6.61 Å². The lowest BCUT2D eigenvalue weighted by molar-refractivity contribution is -0.137. The Bertz CT molecular complexity index is 772. The highest BCUT2D eigenvalue weighted by Gasteiger charge is 2.30. The number of hydrogen-bond acceptors (Lipinski definition) is 3. The molecule has 0 saturated heterocycles. The van der Waals surface area contributed by atoms with E-state index in [0.29, 0.717) is 24.3 Å². The SMILES string of the molecule is CC(C)(NCCc1ccc(OCc2cccc(C(F)(F)F)c2)cc1)C(N)=O. The van der Waals surface area contributed by atoms with Crippen LogP contribution >= 0.6 is 0 Å². The third kappa shape index (κ3) is 6.29. The lowest BCUT2D eigenvalue weighted by Crippen LogP contribution is -2.51. The van der Waals surface area contributed by atoms with Crippen molar-refractivity contribution in [2.75, 3.05) is 6.54 Å². The van der Waals surface area contributed by atoms with Crippen molar-refractivity contribution >= 4 is 5.91 Å². The maximum atomic E-state index is 12.7. The average Bonchev–Trinajstić information content (AvgIpc) is 2.60. The number of ether oxygens (including phenoxy) is 1. The second-order valence-corrected chi connectivity index (χ2v) is 6.80. The second kappa shape index (κ2) is 8.43. The van der Waals surface area contributed by atoms with E-state index in [2.05, 4.69) is 5.32 Å². The number of hydrogen-bond donors (Lipinski definition) is 2. The summed E-state index contributed by atoms with van der Waals surface area (Å²) in [5.41, 5.74) is 5.33. The molecule has 4 nitrogen and oxygen atoms in total. The first-order valence-electron chi connectivity index (χ1n) is 8.51. The Morgan fingerprint density at radius 3 is 2.33 bits per heavy atom. The molecule has 27 heavy (non-hydrogen) atoms. The number of benzene rings is 2. The first-order valence-corrected chi connectivity index (χ1v) is 8.51. The molecular weight excluding hydrogens is 357 g/mol. The standard InChI is InChI=1S/C20H23F3N2O2/c1-19(2,18(24)26)25-11-10-14-6-8-17(9-7-14)27-13-15-4-3-5-16(12-15)20(21,22)23/h3-9,12,25H,10-11,13H2,1-2H3,(H2,24,26). The highest BCUT2D eigenvalue weighted by Crippen LogP contribution is 2.29. The highest BCUT2D eigenvalue weighted by molar-refractivity contribution is 5.83. The number of alkyl halides is 3. The molecule has 2 aromatic carbocycles. The molecule has 0 bridgehead atoms. The number of nitrogens with one attached hydrogen (secondary N) is 1. The van der Waals surface area contributed by atoms with E-state index in [9.17, 15) is 18.0 Å². The summed E-state index contributed by atoms with van der Waals surface area (Å²) in [6, 6.07) is 12.4. The minimum absolute atomic E-state index is 0.0532.